The Kier molecular flexibility index (Phi) is 12.1. The highest BCUT2D eigenvalue weighted by Gasteiger charge is 2.72. The van der Waals surface area contributed by atoms with Crippen LogP contribution in [0.4, 0.5) is 0 Å². The van der Waals surface area contributed by atoms with Crippen LogP contribution in [-0.4, -0.2) is 54.4 Å². The molecule has 2 aliphatic heterocycles. The number of halogens is 1. The Morgan fingerprint density at radius 2 is 1.72 bits per heavy atom. The molecule has 0 saturated carbocycles. The van der Waals surface area contributed by atoms with E-state index in [4.69, 9.17) is 14.2 Å². The third kappa shape index (κ3) is 6.67. The molecule has 1 aromatic carbocycles. The van der Waals surface area contributed by atoms with E-state index in [1.54, 1.807) is 7.11 Å². The minimum Gasteiger partial charge on any atom is -0.493 e. The van der Waals surface area contributed by atoms with Gasteiger partial charge in [0.05, 0.1) is 18.1 Å². The summed E-state index contributed by atoms with van der Waals surface area (Å²) in [5.41, 5.74) is 0.664. The molecule has 4 unspecified atom stereocenters. The van der Waals surface area contributed by atoms with Gasteiger partial charge in [0.1, 0.15) is 5.76 Å². The van der Waals surface area contributed by atoms with Crippen molar-refractivity contribution in [3.63, 3.8) is 0 Å². The van der Waals surface area contributed by atoms with Gasteiger partial charge < -0.3 is 24.2 Å². The molecule has 1 spiro atoms. The van der Waals surface area contributed by atoms with E-state index < -0.39 is 17.1 Å². The van der Waals surface area contributed by atoms with E-state index in [2.05, 4.69) is 37.1 Å². The van der Waals surface area contributed by atoms with Crippen LogP contribution in [0.3, 0.4) is 0 Å². The number of allylic oxidation sites excluding steroid dienone is 2. The van der Waals surface area contributed by atoms with Crippen LogP contribution in [0.1, 0.15) is 121 Å². The Morgan fingerprint density at radius 3 is 2.42 bits per heavy atom. The highest BCUT2D eigenvalue weighted by molar-refractivity contribution is 5.85. The Bertz CT molecular complexity index is 1150. The summed E-state index contributed by atoms with van der Waals surface area (Å²) in [7, 11) is 3.75. The Labute approximate surface area is 265 Å². The van der Waals surface area contributed by atoms with Gasteiger partial charge in [0.15, 0.2) is 17.6 Å². The van der Waals surface area contributed by atoms with Crippen LogP contribution < -0.4 is 9.47 Å². The quantitative estimate of drug-likeness (QED) is 0.109. The van der Waals surface area contributed by atoms with Crippen LogP contribution in [0.5, 0.6) is 11.5 Å². The molecular formula is C36H54ClNO5. The normalized spacial score (nSPS) is 26.8. The van der Waals surface area contributed by atoms with Crippen molar-refractivity contribution in [2.24, 2.45) is 0 Å². The third-order valence-corrected chi connectivity index (χ3v) is 10.4. The number of likely N-dealkylation sites (N-methyl/N-ethyl adjacent to an activating group) is 1. The minimum absolute atomic E-state index is 0. The lowest BCUT2D eigenvalue weighted by atomic mass is 9.50. The molecule has 2 aliphatic carbocycles. The van der Waals surface area contributed by atoms with E-state index in [9.17, 15) is 9.90 Å². The molecule has 0 radical (unpaired) electrons. The molecule has 6 nitrogen and oxygen atoms in total. The van der Waals surface area contributed by atoms with Crippen LogP contribution in [0.2, 0.25) is 0 Å². The van der Waals surface area contributed by atoms with Crippen molar-refractivity contribution in [2.45, 2.75) is 139 Å². The molecule has 240 valence electrons. The number of unbranched alkanes of at least 4 members (excludes halogenated alkanes) is 11. The number of carbonyl (C=O) groups is 1. The molecule has 5 rings (SSSR count). The second-order valence-electron chi connectivity index (χ2n) is 13.1. The van der Waals surface area contributed by atoms with Gasteiger partial charge in [0, 0.05) is 24.4 Å². The van der Waals surface area contributed by atoms with E-state index in [1.807, 2.05) is 12.1 Å². The number of likely N-dealkylation sites (tertiary alicyclic amines) is 1. The first-order valence-electron chi connectivity index (χ1n) is 16.8. The van der Waals surface area contributed by atoms with Crippen molar-refractivity contribution in [3.8, 4) is 11.5 Å². The van der Waals surface area contributed by atoms with E-state index >= 15 is 0 Å². The van der Waals surface area contributed by atoms with Crippen LogP contribution in [0.25, 0.3) is 0 Å². The zero-order chi connectivity index (χ0) is 29.6. The number of nitrogens with zero attached hydrogens (tertiary/aromatic N) is 1. The standard InChI is InChI=1S/C36H53NO5.ClH/c1-4-5-6-7-8-9-10-11-12-13-14-15-16-17-18-19-31(38)41-29-22-23-36(39)30-26-27-20-21-28(40-3)33-32(27)35(36,34(29)42-33)24-25-37(30)2;/h11-12,20-22,30,34,39H,4-10,13-19,23-26H2,1-3H3;1H. The van der Waals surface area contributed by atoms with Crippen molar-refractivity contribution in [1.82, 2.24) is 4.90 Å². The molecular weight excluding hydrogens is 562 g/mol. The number of esters is 1. The maximum atomic E-state index is 13.0. The molecule has 1 aromatic rings. The van der Waals surface area contributed by atoms with Gasteiger partial charge in [0.25, 0.3) is 0 Å². The van der Waals surface area contributed by atoms with Gasteiger partial charge in [-0.2, -0.15) is 0 Å². The fourth-order valence-electron chi connectivity index (χ4n) is 8.11. The number of methoxy groups -OCH3 is 1. The fraction of sp³-hybridized carbons (Fsp3) is 0.694. The van der Waals surface area contributed by atoms with Gasteiger partial charge in [0.2, 0.25) is 0 Å². The summed E-state index contributed by atoms with van der Waals surface area (Å²) in [6.07, 6.45) is 24.5. The lowest BCUT2D eigenvalue weighted by Crippen LogP contribution is -2.74. The topological polar surface area (TPSA) is 68.2 Å². The van der Waals surface area contributed by atoms with Crippen LogP contribution in [0.15, 0.2) is 36.1 Å². The Balaban J connectivity index is 0.00000423. The minimum atomic E-state index is -0.978. The summed E-state index contributed by atoms with van der Waals surface area (Å²) in [6.45, 7) is 3.13. The smallest absolute Gasteiger partial charge is 0.310 e. The molecule has 43 heavy (non-hydrogen) atoms. The molecule has 4 aliphatic rings. The first-order valence-corrected chi connectivity index (χ1v) is 16.8. The summed E-state index contributed by atoms with van der Waals surface area (Å²) >= 11 is 0. The van der Waals surface area contributed by atoms with Gasteiger partial charge in [-0.3, -0.25) is 4.79 Å². The highest BCUT2D eigenvalue weighted by atomic mass is 35.5. The zero-order valence-electron chi connectivity index (χ0n) is 26.7. The predicted molar refractivity (Wildman–Crippen MR) is 174 cm³/mol. The Morgan fingerprint density at radius 1 is 1.05 bits per heavy atom. The molecule has 1 fully saturated rings. The van der Waals surface area contributed by atoms with E-state index in [1.165, 1.54) is 63.4 Å². The van der Waals surface area contributed by atoms with Crippen LogP contribution in [-0.2, 0) is 21.4 Å². The van der Waals surface area contributed by atoms with E-state index in [0.29, 0.717) is 30.1 Å². The van der Waals surface area contributed by atoms with Crippen molar-refractivity contribution < 1.29 is 24.1 Å². The first-order chi connectivity index (χ1) is 20.5. The molecule has 1 N–H and O–H groups in total. The maximum absolute atomic E-state index is 13.0. The Hall–Kier alpha value is -2.02. The second kappa shape index (κ2) is 15.3. The maximum Gasteiger partial charge on any atom is 0.310 e. The lowest BCUT2D eigenvalue weighted by molar-refractivity contribution is -0.169. The summed E-state index contributed by atoms with van der Waals surface area (Å²) in [5.74, 6) is 1.75. The first kappa shape index (κ1) is 33.9. The van der Waals surface area contributed by atoms with E-state index in [0.717, 1.165) is 50.6 Å². The highest BCUT2D eigenvalue weighted by Crippen LogP contribution is 2.65. The number of hydrogen-bond acceptors (Lipinski definition) is 6. The van der Waals surface area contributed by atoms with Crippen molar-refractivity contribution in [1.29, 1.82) is 0 Å². The number of carbonyl (C=O) groups excluding carboxylic acids is 1. The number of rotatable bonds is 17. The fourth-order valence-corrected chi connectivity index (χ4v) is 8.11. The van der Waals surface area contributed by atoms with Gasteiger partial charge >= 0.3 is 5.97 Å². The van der Waals surface area contributed by atoms with Gasteiger partial charge in [-0.25, -0.2) is 0 Å². The molecule has 7 heteroatoms. The van der Waals surface area contributed by atoms with Gasteiger partial charge in [-0.1, -0.05) is 76.5 Å². The van der Waals surface area contributed by atoms with Gasteiger partial charge in [-0.05, 0) is 76.2 Å². The number of benzene rings is 1. The average molecular weight is 616 g/mol. The molecule has 0 aromatic heterocycles. The van der Waals surface area contributed by atoms with Crippen molar-refractivity contribution in [2.75, 3.05) is 20.7 Å². The molecule has 2 bridgehead atoms. The third-order valence-electron chi connectivity index (χ3n) is 10.4. The monoisotopic (exact) mass is 615 g/mol. The predicted octanol–water partition coefficient (Wildman–Crippen LogP) is 7.98. The average Bonchev–Trinajstić information content (AvgIpc) is 3.34. The second-order valence-corrected chi connectivity index (χ2v) is 13.1. The van der Waals surface area contributed by atoms with Crippen molar-refractivity contribution in [3.05, 3.63) is 47.2 Å². The summed E-state index contributed by atoms with van der Waals surface area (Å²) < 4.78 is 18.3. The summed E-state index contributed by atoms with van der Waals surface area (Å²) in [4.78, 5) is 15.3. The number of hydrogen-bond donors (Lipinski definition) is 1. The SMILES string of the molecule is CCCCCCCCC=CCCCCCCCC(=O)OC1=CCC2(O)C3Cc4ccc(OC)c5c4C2(CCN3C)C1O5.Cl. The largest absolute Gasteiger partial charge is 0.493 e. The zero-order valence-corrected chi connectivity index (χ0v) is 27.5. The molecule has 2 heterocycles. The number of piperidine rings is 1. The summed E-state index contributed by atoms with van der Waals surface area (Å²) in [5, 5.41) is 12.3. The van der Waals surface area contributed by atoms with Crippen LogP contribution >= 0.6 is 12.4 Å². The molecule has 0 amide bonds. The number of aliphatic hydroxyl groups is 1. The van der Waals surface area contributed by atoms with Crippen LogP contribution in [0, 0.1) is 0 Å². The summed E-state index contributed by atoms with van der Waals surface area (Å²) in [6, 6.07) is 4.08. The molecule has 1 saturated heterocycles. The molecule has 4 atom stereocenters. The van der Waals surface area contributed by atoms with Gasteiger partial charge in [-0.15, -0.1) is 12.4 Å². The lowest BCUT2D eigenvalue weighted by Gasteiger charge is -2.61. The van der Waals surface area contributed by atoms with E-state index in [-0.39, 0.29) is 24.4 Å². The van der Waals surface area contributed by atoms with Crippen molar-refractivity contribution >= 4 is 18.4 Å². The number of ether oxygens (including phenoxy) is 3.